The van der Waals surface area contributed by atoms with Crippen LogP contribution in [-0.2, 0) is 11.3 Å². The van der Waals surface area contributed by atoms with Crippen molar-refractivity contribution in [2.24, 2.45) is 5.10 Å². The van der Waals surface area contributed by atoms with Gasteiger partial charge >= 0.3 is 0 Å². The largest absolute Gasteiger partial charge is 0.271 e. The molecule has 0 aliphatic rings. The Bertz CT molecular complexity index is 786. The fraction of sp³-hybridized carbons (Fsp3) is 0.267. The second-order valence-corrected chi connectivity index (χ2v) is 5.82. The molecule has 1 amide bonds. The first-order valence-electron chi connectivity index (χ1n) is 6.77. The molecule has 1 aromatic carbocycles. The number of rotatable bonds is 4. The lowest BCUT2D eigenvalue weighted by atomic mass is 10.1. The van der Waals surface area contributed by atoms with E-state index in [9.17, 15) is 9.18 Å². The number of carbonyl (C=O) groups is 1. The number of nitrogens with zero attached hydrogens (tertiary/aromatic N) is 3. The highest BCUT2D eigenvalue weighted by molar-refractivity contribution is 6.40. The van der Waals surface area contributed by atoms with Crippen LogP contribution in [0.25, 0.3) is 0 Å². The van der Waals surface area contributed by atoms with Crippen molar-refractivity contribution < 1.29 is 9.18 Å². The zero-order valence-electron chi connectivity index (χ0n) is 12.8. The van der Waals surface area contributed by atoms with E-state index in [-0.39, 0.29) is 28.1 Å². The Balaban J connectivity index is 2.12. The maximum atomic E-state index is 13.5. The molecule has 0 spiro atoms. The summed E-state index contributed by atoms with van der Waals surface area (Å²) in [5.41, 5.74) is 4.64. The fourth-order valence-electron chi connectivity index (χ4n) is 2.07. The van der Waals surface area contributed by atoms with Gasteiger partial charge < -0.3 is 0 Å². The summed E-state index contributed by atoms with van der Waals surface area (Å²) in [5.74, 6) is -0.964. The van der Waals surface area contributed by atoms with E-state index in [4.69, 9.17) is 23.2 Å². The zero-order chi connectivity index (χ0) is 17.1. The molecule has 23 heavy (non-hydrogen) atoms. The summed E-state index contributed by atoms with van der Waals surface area (Å²) in [6.07, 6.45) is 0. The molecule has 8 heteroatoms. The Kier molecular flexibility index (Phi) is 5.38. The molecule has 0 unspecified atom stereocenters. The molecule has 1 heterocycles. The van der Waals surface area contributed by atoms with Gasteiger partial charge in [0.1, 0.15) is 12.4 Å². The lowest BCUT2D eigenvalue weighted by Crippen LogP contribution is -2.25. The standard InChI is InChI=1S/C15H15Cl2FN4O/c1-8-6-9(2)22(21-8)7-13(23)20-19-10(3)14-11(16)4-5-12(18)15(14)17/h4-6H,7H2,1-3H3,(H,20,23)/b19-10-. The Morgan fingerprint density at radius 2 is 2.09 bits per heavy atom. The van der Waals surface area contributed by atoms with Crippen molar-refractivity contribution in [1.29, 1.82) is 0 Å². The van der Waals surface area contributed by atoms with Crippen LogP contribution in [0.4, 0.5) is 4.39 Å². The summed E-state index contributed by atoms with van der Waals surface area (Å²) in [5, 5.41) is 8.24. The number of amides is 1. The smallest absolute Gasteiger partial charge is 0.261 e. The average molecular weight is 357 g/mol. The van der Waals surface area contributed by atoms with Crippen LogP contribution >= 0.6 is 23.2 Å². The average Bonchev–Trinajstić information content (AvgIpc) is 2.79. The molecule has 2 aromatic rings. The molecule has 0 saturated carbocycles. The molecule has 0 bridgehead atoms. The monoisotopic (exact) mass is 356 g/mol. The van der Waals surface area contributed by atoms with Crippen LogP contribution in [0.2, 0.25) is 10.0 Å². The Hall–Kier alpha value is -1.92. The first-order chi connectivity index (χ1) is 10.8. The topological polar surface area (TPSA) is 59.3 Å². The first kappa shape index (κ1) is 17.4. The molecule has 0 aliphatic heterocycles. The van der Waals surface area contributed by atoms with Crippen molar-refractivity contribution in [2.75, 3.05) is 0 Å². The van der Waals surface area contributed by atoms with E-state index in [1.54, 1.807) is 11.6 Å². The molecule has 0 saturated heterocycles. The number of halogens is 3. The summed E-state index contributed by atoms with van der Waals surface area (Å²) in [6, 6.07) is 4.42. The predicted molar refractivity (Wildman–Crippen MR) is 88.5 cm³/mol. The van der Waals surface area contributed by atoms with Gasteiger partial charge in [0, 0.05) is 11.3 Å². The second kappa shape index (κ2) is 7.10. The molecular weight excluding hydrogens is 342 g/mol. The van der Waals surface area contributed by atoms with Crippen molar-refractivity contribution in [3.05, 3.63) is 51.0 Å². The minimum atomic E-state index is -0.602. The molecule has 0 atom stereocenters. The van der Waals surface area contributed by atoms with E-state index >= 15 is 0 Å². The lowest BCUT2D eigenvalue weighted by molar-refractivity contribution is -0.121. The van der Waals surface area contributed by atoms with Gasteiger partial charge in [-0.25, -0.2) is 9.82 Å². The van der Waals surface area contributed by atoms with Crippen molar-refractivity contribution in [3.8, 4) is 0 Å². The molecular formula is C15H15Cl2FN4O. The first-order valence-corrected chi connectivity index (χ1v) is 7.53. The highest BCUT2D eigenvalue weighted by Gasteiger charge is 2.14. The minimum Gasteiger partial charge on any atom is -0.271 e. The number of aromatic nitrogens is 2. The van der Waals surface area contributed by atoms with Crippen molar-refractivity contribution in [3.63, 3.8) is 0 Å². The highest BCUT2D eigenvalue weighted by Crippen LogP contribution is 2.27. The summed E-state index contributed by atoms with van der Waals surface area (Å²) in [4.78, 5) is 11.9. The zero-order valence-corrected chi connectivity index (χ0v) is 14.3. The fourth-order valence-corrected chi connectivity index (χ4v) is 2.71. The molecule has 1 N–H and O–H groups in total. The van der Waals surface area contributed by atoms with E-state index < -0.39 is 5.82 Å². The summed E-state index contributed by atoms with van der Waals surface area (Å²) in [6.45, 7) is 5.31. The molecule has 0 aliphatic carbocycles. The van der Waals surface area contributed by atoms with Gasteiger partial charge in [0.05, 0.1) is 21.5 Å². The minimum absolute atomic E-state index is 0.0288. The number of aryl methyl sites for hydroxylation is 2. The van der Waals surface area contributed by atoms with Gasteiger partial charge in [0.15, 0.2) is 0 Å². The Labute approximate surface area is 143 Å². The number of hydrogen-bond acceptors (Lipinski definition) is 3. The van der Waals surface area contributed by atoms with E-state index in [1.165, 1.54) is 12.1 Å². The predicted octanol–water partition coefficient (Wildman–Crippen LogP) is 3.49. The van der Waals surface area contributed by atoms with Gasteiger partial charge in [-0.3, -0.25) is 9.48 Å². The third-order valence-corrected chi connectivity index (χ3v) is 3.84. The molecule has 5 nitrogen and oxygen atoms in total. The second-order valence-electron chi connectivity index (χ2n) is 5.04. The summed E-state index contributed by atoms with van der Waals surface area (Å²) >= 11 is 11.9. The molecule has 0 radical (unpaired) electrons. The summed E-state index contributed by atoms with van der Waals surface area (Å²) in [7, 11) is 0. The van der Waals surface area contributed by atoms with Gasteiger partial charge in [-0.2, -0.15) is 10.2 Å². The lowest BCUT2D eigenvalue weighted by Gasteiger charge is -2.08. The van der Waals surface area contributed by atoms with Crippen LogP contribution in [0.15, 0.2) is 23.3 Å². The van der Waals surface area contributed by atoms with E-state index in [0.717, 1.165) is 11.4 Å². The van der Waals surface area contributed by atoms with Gasteiger partial charge in [-0.1, -0.05) is 23.2 Å². The maximum absolute atomic E-state index is 13.5. The Morgan fingerprint density at radius 1 is 1.39 bits per heavy atom. The van der Waals surface area contributed by atoms with E-state index in [0.29, 0.717) is 5.71 Å². The van der Waals surface area contributed by atoms with Crippen LogP contribution < -0.4 is 5.43 Å². The van der Waals surface area contributed by atoms with Gasteiger partial charge in [-0.05, 0) is 39.0 Å². The van der Waals surface area contributed by atoms with Crippen LogP contribution in [0, 0.1) is 19.7 Å². The SMILES string of the molecule is C/C(=N/NC(=O)Cn1nc(C)cc1C)c1c(Cl)ccc(F)c1Cl. The van der Waals surface area contributed by atoms with Crippen molar-refractivity contribution in [2.45, 2.75) is 27.3 Å². The number of nitrogens with one attached hydrogen (secondary N) is 1. The van der Waals surface area contributed by atoms with Crippen LogP contribution in [-0.4, -0.2) is 21.4 Å². The quantitative estimate of drug-likeness (QED) is 0.517. The maximum Gasteiger partial charge on any atom is 0.261 e. The summed E-state index contributed by atoms with van der Waals surface area (Å²) < 4.78 is 15.1. The third-order valence-electron chi connectivity index (χ3n) is 3.15. The van der Waals surface area contributed by atoms with E-state index in [2.05, 4.69) is 15.6 Å². The van der Waals surface area contributed by atoms with Gasteiger partial charge in [0.2, 0.25) is 0 Å². The number of benzene rings is 1. The van der Waals surface area contributed by atoms with Crippen molar-refractivity contribution >= 4 is 34.8 Å². The third kappa shape index (κ3) is 4.09. The number of carbonyl (C=O) groups excluding carboxylic acids is 1. The Morgan fingerprint density at radius 3 is 2.70 bits per heavy atom. The normalized spacial score (nSPS) is 11.7. The number of hydrogen-bond donors (Lipinski definition) is 1. The highest BCUT2D eigenvalue weighted by atomic mass is 35.5. The van der Waals surface area contributed by atoms with E-state index in [1.807, 2.05) is 19.9 Å². The van der Waals surface area contributed by atoms with Gasteiger partial charge in [0.25, 0.3) is 5.91 Å². The molecule has 122 valence electrons. The molecule has 0 fully saturated rings. The molecule has 2 rings (SSSR count). The van der Waals surface area contributed by atoms with Crippen LogP contribution in [0.1, 0.15) is 23.9 Å². The number of hydrazone groups is 1. The van der Waals surface area contributed by atoms with Crippen molar-refractivity contribution in [1.82, 2.24) is 15.2 Å². The molecule has 1 aromatic heterocycles. The van der Waals surface area contributed by atoms with Crippen LogP contribution in [0.5, 0.6) is 0 Å². The van der Waals surface area contributed by atoms with Gasteiger partial charge in [-0.15, -0.1) is 0 Å². The van der Waals surface area contributed by atoms with Crippen LogP contribution in [0.3, 0.4) is 0 Å².